The molecule has 0 spiro atoms. The van der Waals surface area contributed by atoms with Crippen LogP contribution in [0, 0.1) is 11.8 Å². The van der Waals surface area contributed by atoms with Crippen molar-refractivity contribution in [2.24, 2.45) is 11.8 Å². The minimum Gasteiger partial charge on any atom is -0.393 e. The first-order valence-electron chi connectivity index (χ1n) is 6.89. The Hall–Kier alpha value is -0.0800. The molecule has 0 aliphatic heterocycles. The molecular formula is C14H29NO. The molecule has 96 valence electrons. The second-order valence-corrected chi connectivity index (χ2v) is 6.01. The molecule has 1 aliphatic carbocycles. The molecule has 0 aromatic carbocycles. The fraction of sp³-hybridized carbons (Fsp3) is 1.00. The van der Waals surface area contributed by atoms with Gasteiger partial charge in [-0.05, 0) is 58.0 Å². The number of rotatable bonds is 6. The molecule has 0 bridgehead atoms. The van der Waals surface area contributed by atoms with E-state index >= 15 is 0 Å². The number of hydrogen-bond donors (Lipinski definition) is 1. The quantitative estimate of drug-likeness (QED) is 0.754. The van der Waals surface area contributed by atoms with Gasteiger partial charge in [0.1, 0.15) is 0 Å². The molecule has 2 nitrogen and oxygen atoms in total. The van der Waals surface area contributed by atoms with Crippen LogP contribution in [0.25, 0.3) is 0 Å². The van der Waals surface area contributed by atoms with Crippen LogP contribution in [-0.4, -0.2) is 35.7 Å². The highest BCUT2D eigenvalue weighted by atomic mass is 16.3. The molecule has 16 heavy (non-hydrogen) atoms. The lowest BCUT2D eigenvalue weighted by atomic mass is 10.00. The van der Waals surface area contributed by atoms with E-state index in [4.69, 9.17) is 0 Å². The van der Waals surface area contributed by atoms with Gasteiger partial charge in [0, 0.05) is 6.04 Å². The van der Waals surface area contributed by atoms with Crippen LogP contribution < -0.4 is 0 Å². The summed E-state index contributed by atoms with van der Waals surface area (Å²) in [5.74, 6) is 1.34. The number of nitrogens with zero attached hydrogens (tertiary/aromatic N) is 1. The molecule has 1 aliphatic rings. The van der Waals surface area contributed by atoms with E-state index in [9.17, 15) is 5.11 Å². The van der Waals surface area contributed by atoms with Crippen LogP contribution in [-0.2, 0) is 0 Å². The maximum Gasteiger partial charge on any atom is 0.0568 e. The predicted molar refractivity (Wildman–Crippen MR) is 69.5 cm³/mol. The van der Waals surface area contributed by atoms with Gasteiger partial charge in [-0.25, -0.2) is 0 Å². The molecule has 0 aromatic rings. The van der Waals surface area contributed by atoms with Crippen molar-refractivity contribution in [3.05, 3.63) is 0 Å². The standard InChI is InChI=1S/C14H29NO/c1-11(2)10-12(3)15(4)9-8-13-6-5-7-14(13)16/h11-14,16H,5-10H2,1-4H3. The molecule has 0 aromatic heterocycles. The Bertz CT molecular complexity index is 193. The summed E-state index contributed by atoms with van der Waals surface area (Å²) < 4.78 is 0. The summed E-state index contributed by atoms with van der Waals surface area (Å²) in [6.45, 7) is 8.01. The summed E-state index contributed by atoms with van der Waals surface area (Å²) in [5, 5.41) is 9.77. The smallest absolute Gasteiger partial charge is 0.0568 e. The lowest BCUT2D eigenvalue weighted by molar-refractivity contribution is 0.115. The highest BCUT2D eigenvalue weighted by molar-refractivity contribution is 4.78. The van der Waals surface area contributed by atoms with E-state index in [0.717, 1.165) is 18.9 Å². The summed E-state index contributed by atoms with van der Waals surface area (Å²) in [7, 11) is 2.22. The summed E-state index contributed by atoms with van der Waals surface area (Å²) in [6.07, 6.45) is 5.89. The van der Waals surface area contributed by atoms with Crippen LogP contribution in [0.15, 0.2) is 0 Å². The van der Waals surface area contributed by atoms with Crippen molar-refractivity contribution in [1.29, 1.82) is 0 Å². The SMILES string of the molecule is CC(C)CC(C)N(C)CCC1CCCC1O. The third-order valence-electron chi connectivity index (χ3n) is 4.04. The molecule has 1 rings (SSSR count). The molecule has 0 heterocycles. The fourth-order valence-electron chi connectivity index (χ4n) is 2.81. The van der Waals surface area contributed by atoms with Gasteiger partial charge >= 0.3 is 0 Å². The fourth-order valence-corrected chi connectivity index (χ4v) is 2.81. The van der Waals surface area contributed by atoms with E-state index in [1.807, 2.05) is 0 Å². The highest BCUT2D eigenvalue weighted by Crippen LogP contribution is 2.28. The Balaban J connectivity index is 2.20. The molecule has 1 N–H and O–H groups in total. The van der Waals surface area contributed by atoms with Crippen LogP contribution in [0.1, 0.15) is 52.9 Å². The number of hydrogen-bond acceptors (Lipinski definition) is 2. The van der Waals surface area contributed by atoms with Crippen LogP contribution in [0.4, 0.5) is 0 Å². The molecule has 0 amide bonds. The Morgan fingerprint density at radius 2 is 1.94 bits per heavy atom. The second-order valence-electron chi connectivity index (χ2n) is 6.01. The minimum absolute atomic E-state index is 0.0196. The average molecular weight is 227 g/mol. The number of aliphatic hydroxyl groups excluding tert-OH is 1. The van der Waals surface area contributed by atoms with Crippen LogP contribution in [0.3, 0.4) is 0 Å². The lowest BCUT2D eigenvalue weighted by Gasteiger charge is -2.27. The van der Waals surface area contributed by atoms with Crippen molar-refractivity contribution < 1.29 is 5.11 Å². The van der Waals surface area contributed by atoms with Crippen molar-refractivity contribution in [2.75, 3.05) is 13.6 Å². The van der Waals surface area contributed by atoms with Crippen molar-refractivity contribution in [3.63, 3.8) is 0 Å². The van der Waals surface area contributed by atoms with Gasteiger partial charge in [0.15, 0.2) is 0 Å². The lowest BCUT2D eigenvalue weighted by Crippen LogP contribution is -2.32. The maximum absolute atomic E-state index is 9.77. The molecule has 3 unspecified atom stereocenters. The van der Waals surface area contributed by atoms with Gasteiger partial charge in [-0.2, -0.15) is 0 Å². The van der Waals surface area contributed by atoms with E-state index < -0.39 is 0 Å². The van der Waals surface area contributed by atoms with Crippen molar-refractivity contribution in [1.82, 2.24) is 4.90 Å². The Kier molecular flexibility index (Phi) is 5.77. The first kappa shape index (κ1) is 14.0. The third-order valence-corrected chi connectivity index (χ3v) is 4.04. The largest absolute Gasteiger partial charge is 0.393 e. The van der Waals surface area contributed by atoms with Crippen molar-refractivity contribution in [2.45, 2.75) is 65.0 Å². The van der Waals surface area contributed by atoms with E-state index in [1.54, 1.807) is 0 Å². The van der Waals surface area contributed by atoms with Gasteiger partial charge < -0.3 is 10.0 Å². The molecule has 1 saturated carbocycles. The Labute approximate surface area is 101 Å². The molecule has 2 heteroatoms. The zero-order valence-corrected chi connectivity index (χ0v) is 11.4. The maximum atomic E-state index is 9.77. The summed E-state index contributed by atoms with van der Waals surface area (Å²) in [5.41, 5.74) is 0. The minimum atomic E-state index is -0.0196. The predicted octanol–water partition coefficient (Wildman–Crippen LogP) is 2.90. The summed E-state index contributed by atoms with van der Waals surface area (Å²) in [6, 6.07) is 0.665. The normalized spacial score (nSPS) is 27.9. The average Bonchev–Trinajstić information content (AvgIpc) is 2.59. The van der Waals surface area contributed by atoms with Gasteiger partial charge in [0.25, 0.3) is 0 Å². The van der Waals surface area contributed by atoms with E-state index in [1.165, 1.54) is 25.7 Å². The monoisotopic (exact) mass is 227 g/mol. The topological polar surface area (TPSA) is 23.5 Å². The van der Waals surface area contributed by atoms with Gasteiger partial charge in [-0.1, -0.05) is 20.3 Å². The number of aliphatic hydroxyl groups is 1. The second kappa shape index (κ2) is 6.61. The first-order chi connectivity index (χ1) is 7.50. The van der Waals surface area contributed by atoms with Gasteiger partial charge in [0.05, 0.1) is 6.10 Å². The Morgan fingerprint density at radius 1 is 1.25 bits per heavy atom. The molecule has 0 radical (unpaired) electrons. The molecule has 3 atom stereocenters. The van der Waals surface area contributed by atoms with Crippen LogP contribution >= 0.6 is 0 Å². The summed E-state index contributed by atoms with van der Waals surface area (Å²) >= 11 is 0. The van der Waals surface area contributed by atoms with Gasteiger partial charge in [-0.3, -0.25) is 0 Å². The van der Waals surface area contributed by atoms with Gasteiger partial charge in [-0.15, -0.1) is 0 Å². The van der Waals surface area contributed by atoms with E-state index in [0.29, 0.717) is 12.0 Å². The molecular weight excluding hydrogens is 198 g/mol. The van der Waals surface area contributed by atoms with Crippen molar-refractivity contribution in [3.8, 4) is 0 Å². The zero-order chi connectivity index (χ0) is 12.1. The van der Waals surface area contributed by atoms with Gasteiger partial charge in [0.2, 0.25) is 0 Å². The summed E-state index contributed by atoms with van der Waals surface area (Å²) in [4.78, 5) is 2.45. The molecule has 1 fully saturated rings. The van der Waals surface area contributed by atoms with Crippen LogP contribution in [0.5, 0.6) is 0 Å². The van der Waals surface area contributed by atoms with Crippen LogP contribution in [0.2, 0.25) is 0 Å². The third kappa shape index (κ3) is 4.42. The van der Waals surface area contributed by atoms with Crippen molar-refractivity contribution >= 4 is 0 Å². The first-order valence-corrected chi connectivity index (χ1v) is 6.89. The highest BCUT2D eigenvalue weighted by Gasteiger charge is 2.25. The van der Waals surface area contributed by atoms with E-state index in [-0.39, 0.29) is 6.10 Å². The molecule has 0 saturated heterocycles. The van der Waals surface area contributed by atoms with E-state index in [2.05, 4.69) is 32.7 Å². The Morgan fingerprint density at radius 3 is 2.44 bits per heavy atom. The zero-order valence-electron chi connectivity index (χ0n) is 11.4.